The van der Waals surface area contributed by atoms with E-state index in [2.05, 4.69) is 0 Å². The van der Waals surface area contributed by atoms with E-state index in [4.69, 9.17) is 9.47 Å². The number of esters is 1. The van der Waals surface area contributed by atoms with Gasteiger partial charge in [-0.15, -0.1) is 0 Å². The Kier molecular flexibility index (Phi) is 4.44. The Balaban J connectivity index is 2.25. The molecule has 1 aromatic carbocycles. The Bertz CT molecular complexity index is 550. The molecule has 1 fully saturated rings. The minimum Gasteiger partial charge on any atom is -0.468 e. The Labute approximate surface area is 131 Å². The first-order valence-corrected chi connectivity index (χ1v) is 7.40. The molecule has 0 aliphatic carbocycles. The molecule has 0 aromatic heterocycles. The molecule has 1 saturated heterocycles. The summed E-state index contributed by atoms with van der Waals surface area (Å²) in [5, 5.41) is 0. The third-order valence-electron chi connectivity index (χ3n) is 3.82. The lowest BCUT2D eigenvalue weighted by Gasteiger charge is -2.28. The van der Waals surface area contributed by atoms with Crippen molar-refractivity contribution in [2.75, 3.05) is 20.2 Å². The van der Waals surface area contributed by atoms with Crippen molar-refractivity contribution >= 4 is 12.1 Å². The molecule has 1 amide bonds. The summed E-state index contributed by atoms with van der Waals surface area (Å²) in [7, 11) is 1.38. The fraction of sp³-hybridized carbons (Fsp3) is 0.529. The first kappa shape index (κ1) is 16.3. The number of carbonyl (C=O) groups is 2. The first-order valence-electron chi connectivity index (χ1n) is 7.40. The quantitative estimate of drug-likeness (QED) is 0.788. The molecule has 5 nitrogen and oxygen atoms in total. The van der Waals surface area contributed by atoms with Crippen LogP contribution in [0.3, 0.4) is 0 Å². The van der Waals surface area contributed by atoms with Gasteiger partial charge >= 0.3 is 12.1 Å². The van der Waals surface area contributed by atoms with Crippen LogP contribution < -0.4 is 0 Å². The number of hydrogen-bond donors (Lipinski definition) is 0. The van der Waals surface area contributed by atoms with E-state index in [-0.39, 0.29) is 12.5 Å². The molecule has 0 spiro atoms. The lowest BCUT2D eigenvalue weighted by molar-refractivity contribution is -0.147. The maximum absolute atomic E-state index is 12.4. The second-order valence-electron chi connectivity index (χ2n) is 6.59. The monoisotopic (exact) mass is 305 g/mol. The lowest BCUT2D eigenvalue weighted by Crippen LogP contribution is -2.42. The number of ether oxygens (including phenoxy) is 2. The minimum absolute atomic E-state index is 0.276. The number of amides is 1. The maximum atomic E-state index is 12.4. The van der Waals surface area contributed by atoms with Gasteiger partial charge in [-0.05, 0) is 32.8 Å². The molecule has 0 unspecified atom stereocenters. The van der Waals surface area contributed by atoms with Gasteiger partial charge in [0.1, 0.15) is 11.0 Å². The van der Waals surface area contributed by atoms with Crippen molar-refractivity contribution < 1.29 is 19.1 Å². The number of methoxy groups -OCH3 is 1. The zero-order chi connectivity index (χ0) is 16.4. The van der Waals surface area contributed by atoms with Crippen LogP contribution in [0.1, 0.15) is 32.8 Å². The Morgan fingerprint density at radius 3 is 2.36 bits per heavy atom. The highest BCUT2D eigenvalue weighted by atomic mass is 16.6. The summed E-state index contributed by atoms with van der Waals surface area (Å²) in [5.74, 6) is -0.315. The Morgan fingerprint density at radius 1 is 1.18 bits per heavy atom. The highest BCUT2D eigenvalue weighted by Gasteiger charge is 2.49. The molecular weight excluding hydrogens is 282 g/mol. The van der Waals surface area contributed by atoms with Crippen molar-refractivity contribution in [3.8, 4) is 0 Å². The summed E-state index contributed by atoms with van der Waals surface area (Å²) in [4.78, 5) is 26.2. The minimum atomic E-state index is -0.813. The van der Waals surface area contributed by atoms with E-state index in [0.29, 0.717) is 13.0 Å². The van der Waals surface area contributed by atoms with E-state index in [1.54, 1.807) is 4.90 Å². The van der Waals surface area contributed by atoms with Crippen molar-refractivity contribution in [3.05, 3.63) is 35.9 Å². The fourth-order valence-corrected chi connectivity index (χ4v) is 2.76. The summed E-state index contributed by atoms with van der Waals surface area (Å²) in [6.45, 7) is 6.22. The zero-order valence-electron chi connectivity index (χ0n) is 13.6. The van der Waals surface area contributed by atoms with Gasteiger partial charge in [0, 0.05) is 13.1 Å². The van der Waals surface area contributed by atoms with Gasteiger partial charge in [-0.3, -0.25) is 4.79 Å². The molecule has 0 bridgehead atoms. The smallest absolute Gasteiger partial charge is 0.410 e. The van der Waals surface area contributed by atoms with E-state index >= 15 is 0 Å². The van der Waals surface area contributed by atoms with Crippen LogP contribution in [0, 0.1) is 0 Å². The second-order valence-corrected chi connectivity index (χ2v) is 6.59. The van der Waals surface area contributed by atoms with Crippen molar-refractivity contribution in [2.45, 2.75) is 38.2 Å². The van der Waals surface area contributed by atoms with E-state index in [1.807, 2.05) is 51.1 Å². The third kappa shape index (κ3) is 3.24. The maximum Gasteiger partial charge on any atom is 0.410 e. The standard InChI is InChI=1S/C17H23NO4/c1-16(2,3)22-15(20)18-11-10-17(12-18,14(19)21-4)13-8-6-5-7-9-13/h5-9H,10-12H2,1-4H3/t17-/m1/s1. The number of hydrogen-bond acceptors (Lipinski definition) is 4. The molecule has 120 valence electrons. The summed E-state index contributed by atoms with van der Waals surface area (Å²) in [6.07, 6.45) is 0.136. The van der Waals surface area contributed by atoms with E-state index in [0.717, 1.165) is 5.56 Å². The molecule has 5 heteroatoms. The highest BCUT2D eigenvalue weighted by molar-refractivity contribution is 5.85. The summed E-state index contributed by atoms with van der Waals surface area (Å²) >= 11 is 0. The molecule has 1 aliphatic heterocycles. The molecule has 1 atom stereocenters. The van der Waals surface area contributed by atoms with E-state index < -0.39 is 17.1 Å². The molecule has 0 radical (unpaired) electrons. The van der Waals surface area contributed by atoms with Gasteiger partial charge in [-0.2, -0.15) is 0 Å². The van der Waals surface area contributed by atoms with Crippen LogP contribution >= 0.6 is 0 Å². The topological polar surface area (TPSA) is 55.8 Å². The molecule has 2 rings (SSSR count). The van der Waals surface area contributed by atoms with Crippen LogP contribution in [-0.4, -0.2) is 42.8 Å². The molecular formula is C17H23NO4. The van der Waals surface area contributed by atoms with Crippen molar-refractivity contribution in [3.63, 3.8) is 0 Å². The van der Waals surface area contributed by atoms with Crippen molar-refractivity contribution in [1.82, 2.24) is 4.90 Å². The van der Waals surface area contributed by atoms with Gasteiger partial charge in [0.25, 0.3) is 0 Å². The van der Waals surface area contributed by atoms with Gasteiger partial charge in [-0.1, -0.05) is 30.3 Å². The average Bonchev–Trinajstić information content (AvgIpc) is 2.92. The van der Waals surface area contributed by atoms with Crippen LogP contribution in [0.2, 0.25) is 0 Å². The molecule has 0 N–H and O–H groups in total. The first-order chi connectivity index (χ1) is 10.3. The summed E-state index contributed by atoms with van der Waals surface area (Å²) < 4.78 is 10.4. The average molecular weight is 305 g/mol. The van der Waals surface area contributed by atoms with Crippen LogP contribution in [0.15, 0.2) is 30.3 Å². The fourth-order valence-electron chi connectivity index (χ4n) is 2.76. The van der Waals surface area contributed by atoms with Crippen molar-refractivity contribution in [2.24, 2.45) is 0 Å². The van der Waals surface area contributed by atoms with Crippen LogP contribution in [0.4, 0.5) is 4.79 Å². The lowest BCUT2D eigenvalue weighted by atomic mass is 9.80. The van der Waals surface area contributed by atoms with E-state index in [9.17, 15) is 9.59 Å². The number of likely N-dealkylation sites (tertiary alicyclic amines) is 1. The molecule has 0 saturated carbocycles. The summed E-state index contributed by atoms with van der Waals surface area (Å²) in [5.41, 5.74) is -0.499. The molecule has 1 aromatic rings. The third-order valence-corrected chi connectivity index (χ3v) is 3.82. The summed E-state index contributed by atoms with van der Waals surface area (Å²) in [6, 6.07) is 9.46. The molecule has 22 heavy (non-hydrogen) atoms. The number of carbonyl (C=O) groups excluding carboxylic acids is 2. The largest absolute Gasteiger partial charge is 0.468 e. The van der Waals surface area contributed by atoms with Crippen molar-refractivity contribution in [1.29, 1.82) is 0 Å². The van der Waals surface area contributed by atoms with Crippen LogP contribution in [0.25, 0.3) is 0 Å². The van der Waals surface area contributed by atoms with Gasteiger partial charge in [0.2, 0.25) is 0 Å². The molecule has 1 aliphatic rings. The van der Waals surface area contributed by atoms with Crippen LogP contribution in [-0.2, 0) is 19.7 Å². The zero-order valence-corrected chi connectivity index (χ0v) is 13.6. The number of rotatable bonds is 2. The number of benzene rings is 1. The highest BCUT2D eigenvalue weighted by Crippen LogP contribution is 2.36. The molecule has 1 heterocycles. The number of nitrogens with zero attached hydrogens (tertiary/aromatic N) is 1. The Hall–Kier alpha value is -2.04. The van der Waals surface area contributed by atoms with Gasteiger partial charge < -0.3 is 14.4 Å². The Morgan fingerprint density at radius 2 is 1.82 bits per heavy atom. The van der Waals surface area contributed by atoms with Gasteiger partial charge in [0.05, 0.1) is 7.11 Å². The van der Waals surface area contributed by atoms with E-state index in [1.165, 1.54) is 7.11 Å². The van der Waals surface area contributed by atoms with Crippen LogP contribution in [0.5, 0.6) is 0 Å². The predicted octanol–water partition coefficient (Wildman–Crippen LogP) is 2.74. The second kappa shape index (κ2) is 5.99. The van der Waals surface area contributed by atoms with Gasteiger partial charge in [-0.25, -0.2) is 4.79 Å². The van der Waals surface area contributed by atoms with Gasteiger partial charge in [0.15, 0.2) is 0 Å². The SMILES string of the molecule is COC(=O)[C@]1(c2ccccc2)CCN(C(=O)OC(C)(C)C)C1. The normalized spacial score (nSPS) is 21.5. The predicted molar refractivity (Wildman–Crippen MR) is 82.6 cm³/mol.